The summed E-state index contributed by atoms with van der Waals surface area (Å²) in [6, 6.07) is 1.96. The maximum Gasteiger partial charge on any atom is 0.142 e. The third kappa shape index (κ3) is 4.04. The van der Waals surface area contributed by atoms with Crippen molar-refractivity contribution in [3.63, 3.8) is 0 Å². The molecule has 2 N–H and O–H groups in total. The summed E-state index contributed by atoms with van der Waals surface area (Å²) in [5, 5.41) is 0. The van der Waals surface area contributed by atoms with E-state index in [0.717, 1.165) is 21.3 Å². The predicted octanol–water partition coefficient (Wildman–Crippen LogP) is 2.72. The Morgan fingerprint density at radius 1 is 1.60 bits per heavy atom. The maximum atomic E-state index is 5.45. The number of nitrogens with two attached hydrogens (primary N) is 1. The zero-order valence-electron chi connectivity index (χ0n) is 8.20. The van der Waals surface area contributed by atoms with Crippen molar-refractivity contribution in [3.05, 3.63) is 21.2 Å². The highest BCUT2D eigenvalue weighted by Crippen LogP contribution is 2.25. The Kier molecular flexibility index (Phi) is 4.95. The number of nitrogens with zero attached hydrogens (tertiary/aromatic N) is 2. The summed E-state index contributed by atoms with van der Waals surface area (Å²) in [5.41, 5.74) is 5.45. The number of hydrogen-bond acceptors (Lipinski definition) is 3. The van der Waals surface area contributed by atoms with E-state index in [9.17, 15) is 0 Å². The lowest BCUT2D eigenvalue weighted by Crippen LogP contribution is -2.24. The van der Waals surface area contributed by atoms with Crippen LogP contribution in [-0.2, 0) is 0 Å². The molecule has 6 heteroatoms. The second-order valence-electron chi connectivity index (χ2n) is 3.10. The monoisotopic (exact) mass is 351 g/mol. The maximum absolute atomic E-state index is 5.45. The highest BCUT2D eigenvalue weighted by molar-refractivity contribution is 9.11. The highest BCUT2D eigenvalue weighted by atomic mass is 79.9. The van der Waals surface area contributed by atoms with Crippen LogP contribution < -0.4 is 10.6 Å². The number of hydrogen-bond donors (Lipinski definition) is 1. The Bertz CT molecular complexity index is 370. The van der Waals surface area contributed by atoms with Crippen molar-refractivity contribution in [1.82, 2.24) is 4.98 Å². The zero-order chi connectivity index (χ0) is 11.4. The van der Waals surface area contributed by atoms with E-state index >= 15 is 0 Å². The smallest absolute Gasteiger partial charge is 0.142 e. The van der Waals surface area contributed by atoms with Crippen LogP contribution in [0.4, 0.5) is 5.82 Å². The Hall–Kier alpha value is -0.200. The normalized spacial score (nSPS) is 10.1. The van der Waals surface area contributed by atoms with Crippen molar-refractivity contribution in [2.75, 3.05) is 18.5 Å². The molecule has 1 aromatic heterocycles. The van der Waals surface area contributed by atoms with Crippen molar-refractivity contribution in [1.29, 1.82) is 0 Å². The molecule has 0 fully saturated rings. The minimum atomic E-state index is 0.523. The van der Waals surface area contributed by atoms with Crippen LogP contribution in [0.1, 0.15) is 6.42 Å². The summed E-state index contributed by atoms with van der Waals surface area (Å²) >= 11 is 11.6. The van der Waals surface area contributed by atoms with E-state index in [2.05, 4.69) is 36.8 Å². The van der Waals surface area contributed by atoms with Gasteiger partial charge in [-0.25, -0.2) is 4.98 Å². The molecule has 3 nitrogen and oxygen atoms in total. The molecule has 0 saturated carbocycles. The van der Waals surface area contributed by atoms with Gasteiger partial charge in [0.15, 0.2) is 0 Å². The molecule has 1 aromatic rings. The zero-order valence-corrected chi connectivity index (χ0v) is 12.2. The van der Waals surface area contributed by atoms with E-state index in [1.807, 2.05) is 18.0 Å². The Morgan fingerprint density at radius 3 is 2.80 bits per heavy atom. The molecule has 0 saturated heterocycles. The number of pyridine rings is 1. The second kappa shape index (κ2) is 5.77. The lowest BCUT2D eigenvalue weighted by atomic mass is 10.3. The van der Waals surface area contributed by atoms with Crippen molar-refractivity contribution < 1.29 is 0 Å². The van der Waals surface area contributed by atoms with Crippen LogP contribution in [0.15, 0.2) is 21.2 Å². The molecule has 0 bridgehead atoms. The topological polar surface area (TPSA) is 42.1 Å². The molecule has 0 aliphatic carbocycles. The predicted molar refractivity (Wildman–Crippen MR) is 74.3 cm³/mol. The van der Waals surface area contributed by atoms with Crippen molar-refractivity contribution >= 4 is 54.9 Å². The molecular formula is C9H11Br2N3S. The summed E-state index contributed by atoms with van der Waals surface area (Å²) in [4.78, 5) is 6.84. The first-order chi connectivity index (χ1) is 7.00. The first-order valence-electron chi connectivity index (χ1n) is 4.31. The molecule has 0 radical (unpaired) electrons. The molecule has 1 heterocycles. The fraction of sp³-hybridized carbons (Fsp3) is 0.333. The molecule has 0 amide bonds. The molecule has 15 heavy (non-hydrogen) atoms. The van der Waals surface area contributed by atoms with Gasteiger partial charge in [0.2, 0.25) is 0 Å². The third-order valence-electron chi connectivity index (χ3n) is 1.84. The average molecular weight is 353 g/mol. The number of thiocarbonyl (C=S) groups is 1. The van der Waals surface area contributed by atoms with E-state index < -0.39 is 0 Å². The van der Waals surface area contributed by atoms with Gasteiger partial charge in [0.05, 0.1) is 9.46 Å². The van der Waals surface area contributed by atoms with Gasteiger partial charge in [-0.05, 0) is 37.9 Å². The number of halogens is 2. The van der Waals surface area contributed by atoms with E-state index in [0.29, 0.717) is 11.4 Å². The van der Waals surface area contributed by atoms with Gasteiger partial charge in [0.1, 0.15) is 5.82 Å². The van der Waals surface area contributed by atoms with Crippen molar-refractivity contribution in [2.24, 2.45) is 5.73 Å². The average Bonchev–Trinajstić information content (AvgIpc) is 2.14. The van der Waals surface area contributed by atoms with Gasteiger partial charge in [-0.3, -0.25) is 0 Å². The summed E-state index contributed by atoms with van der Waals surface area (Å²) < 4.78 is 1.89. The molecule has 0 aliphatic heterocycles. The first-order valence-corrected chi connectivity index (χ1v) is 6.30. The van der Waals surface area contributed by atoms with Gasteiger partial charge in [0.25, 0.3) is 0 Å². The van der Waals surface area contributed by atoms with Crippen LogP contribution in [0.5, 0.6) is 0 Å². The summed E-state index contributed by atoms with van der Waals surface area (Å²) in [6.07, 6.45) is 2.45. The van der Waals surface area contributed by atoms with Crippen LogP contribution >= 0.6 is 44.1 Å². The lowest BCUT2D eigenvalue weighted by molar-refractivity contribution is 0.894. The van der Waals surface area contributed by atoms with Gasteiger partial charge >= 0.3 is 0 Å². The van der Waals surface area contributed by atoms with Gasteiger partial charge in [-0.1, -0.05) is 12.2 Å². The third-order valence-corrected chi connectivity index (χ3v) is 3.06. The van der Waals surface area contributed by atoms with Crippen LogP contribution in [0.2, 0.25) is 0 Å². The highest BCUT2D eigenvalue weighted by Gasteiger charge is 2.07. The van der Waals surface area contributed by atoms with Crippen molar-refractivity contribution in [2.45, 2.75) is 6.42 Å². The fourth-order valence-electron chi connectivity index (χ4n) is 1.07. The molecule has 0 spiro atoms. The number of aromatic nitrogens is 1. The standard InChI is InChI=1S/C9H11Br2N3S/c1-14(3-2-8(12)15)9-7(11)4-6(10)5-13-9/h4-5H,2-3H2,1H3,(H2,12,15). The van der Waals surface area contributed by atoms with Gasteiger partial charge in [-0.15, -0.1) is 0 Å². The molecule has 0 atom stereocenters. The first kappa shape index (κ1) is 12.9. The largest absolute Gasteiger partial charge is 0.393 e. The molecule has 0 unspecified atom stereocenters. The Labute approximate surface area is 111 Å². The molecular weight excluding hydrogens is 342 g/mol. The van der Waals surface area contributed by atoms with Crippen LogP contribution in [0.3, 0.4) is 0 Å². The van der Waals surface area contributed by atoms with Crippen LogP contribution in [-0.4, -0.2) is 23.6 Å². The summed E-state index contributed by atoms with van der Waals surface area (Å²) in [6.45, 7) is 0.766. The minimum absolute atomic E-state index is 0.523. The van der Waals surface area contributed by atoms with E-state index in [4.69, 9.17) is 18.0 Å². The number of rotatable bonds is 4. The van der Waals surface area contributed by atoms with Crippen molar-refractivity contribution in [3.8, 4) is 0 Å². The van der Waals surface area contributed by atoms with Gasteiger partial charge < -0.3 is 10.6 Å². The SMILES string of the molecule is CN(CCC(N)=S)c1ncc(Br)cc1Br. The van der Waals surface area contributed by atoms with Crippen LogP contribution in [0.25, 0.3) is 0 Å². The quantitative estimate of drug-likeness (QED) is 0.846. The molecule has 0 aliphatic rings. The second-order valence-corrected chi connectivity index (χ2v) is 5.39. The van der Waals surface area contributed by atoms with Gasteiger partial charge in [-0.2, -0.15) is 0 Å². The lowest BCUT2D eigenvalue weighted by Gasteiger charge is -2.19. The summed E-state index contributed by atoms with van der Waals surface area (Å²) in [5.74, 6) is 0.884. The molecule has 82 valence electrons. The molecule has 0 aromatic carbocycles. The summed E-state index contributed by atoms with van der Waals surface area (Å²) in [7, 11) is 1.96. The Morgan fingerprint density at radius 2 is 2.27 bits per heavy atom. The van der Waals surface area contributed by atoms with Crippen LogP contribution in [0, 0.1) is 0 Å². The van der Waals surface area contributed by atoms with Gasteiger partial charge in [0, 0.05) is 30.7 Å². The minimum Gasteiger partial charge on any atom is -0.393 e. The van der Waals surface area contributed by atoms with E-state index in [-0.39, 0.29) is 0 Å². The molecule has 1 rings (SSSR count). The Balaban J connectivity index is 2.73. The van der Waals surface area contributed by atoms with E-state index in [1.54, 1.807) is 6.20 Å². The number of anilines is 1. The van der Waals surface area contributed by atoms with E-state index in [1.165, 1.54) is 0 Å². The fourth-order valence-corrected chi connectivity index (χ4v) is 2.45.